The Kier molecular flexibility index (Phi) is 9.80. The molecule has 0 bridgehead atoms. The van der Waals surface area contributed by atoms with Crippen molar-refractivity contribution in [3.8, 4) is 11.5 Å². The van der Waals surface area contributed by atoms with Crippen molar-refractivity contribution in [3.63, 3.8) is 0 Å². The highest BCUT2D eigenvalue weighted by atomic mass is 32.2. The third-order valence-corrected chi connectivity index (χ3v) is 6.38. The molecule has 236 valence electrons. The summed E-state index contributed by atoms with van der Waals surface area (Å²) in [5.74, 6) is -12.7. The highest BCUT2D eigenvalue weighted by Crippen LogP contribution is 2.52. The van der Waals surface area contributed by atoms with Gasteiger partial charge in [-0.15, -0.1) is 0 Å². The number of rotatable bonds is 10. The molecule has 0 saturated heterocycles. The van der Waals surface area contributed by atoms with Gasteiger partial charge in [-0.2, -0.15) is 57.1 Å². The average Bonchev–Trinajstić information content (AvgIpc) is 2.86. The second kappa shape index (κ2) is 12.3. The van der Waals surface area contributed by atoms with Crippen LogP contribution in [-0.4, -0.2) is 41.5 Å². The zero-order valence-corrected chi connectivity index (χ0v) is 21.9. The fourth-order valence-electron chi connectivity index (χ4n) is 3.67. The first kappa shape index (κ1) is 34.2. The Bertz CT molecular complexity index is 1390. The van der Waals surface area contributed by atoms with Crippen molar-refractivity contribution in [1.29, 1.82) is 0 Å². The van der Waals surface area contributed by atoms with Gasteiger partial charge in [0.2, 0.25) is 0 Å². The highest BCUT2D eigenvalue weighted by Gasteiger charge is 2.73. The summed E-state index contributed by atoms with van der Waals surface area (Å²) in [5.41, 5.74) is -7.16. The molecular weight excluding hydrogens is 637 g/mol. The van der Waals surface area contributed by atoms with Crippen LogP contribution in [0.5, 0.6) is 11.5 Å². The molecule has 0 aliphatic heterocycles. The molecule has 0 spiro atoms. The molecule has 0 unspecified atom stereocenters. The van der Waals surface area contributed by atoms with Gasteiger partial charge in [0.15, 0.2) is 11.9 Å². The molecule has 3 nitrogen and oxygen atoms in total. The SMILES string of the molecule is O[C@H](CN(Cc1cccc(C(F)(F)C(F)(F)C(F)(F)F)c1)c1ccccc1Oc1cccc(SC(F)(F)F)c1)C(F)(F)F. The summed E-state index contributed by atoms with van der Waals surface area (Å²) in [6, 6.07) is 11.6. The minimum atomic E-state index is -6.64. The van der Waals surface area contributed by atoms with E-state index >= 15 is 0 Å². The minimum Gasteiger partial charge on any atom is -0.455 e. The summed E-state index contributed by atoms with van der Waals surface area (Å²) in [6.45, 7) is -2.15. The summed E-state index contributed by atoms with van der Waals surface area (Å²) in [5, 5.41) is 9.74. The topological polar surface area (TPSA) is 32.7 Å². The number of thioether (sulfide) groups is 1. The maximum atomic E-state index is 14.3. The molecule has 3 aromatic carbocycles. The van der Waals surface area contributed by atoms with Crippen LogP contribution in [0.2, 0.25) is 0 Å². The average molecular weight is 655 g/mol. The fourth-order valence-corrected chi connectivity index (χ4v) is 4.26. The number of aliphatic hydroxyl groups is 1. The molecule has 0 aliphatic rings. The molecule has 0 aromatic heterocycles. The van der Waals surface area contributed by atoms with E-state index in [1.807, 2.05) is 0 Å². The lowest BCUT2D eigenvalue weighted by Gasteiger charge is -2.31. The molecule has 0 aliphatic carbocycles. The third-order valence-electron chi connectivity index (χ3n) is 5.66. The van der Waals surface area contributed by atoms with Crippen LogP contribution in [0.25, 0.3) is 0 Å². The van der Waals surface area contributed by atoms with Gasteiger partial charge >= 0.3 is 29.7 Å². The summed E-state index contributed by atoms with van der Waals surface area (Å²) in [7, 11) is 0. The van der Waals surface area contributed by atoms with E-state index in [1.54, 1.807) is 0 Å². The van der Waals surface area contributed by atoms with Crippen molar-refractivity contribution in [2.24, 2.45) is 0 Å². The molecule has 43 heavy (non-hydrogen) atoms. The monoisotopic (exact) mass is 655 g/mol. The number of alkyl halides is 13. The van der Waals surface area contributed by atoms with Gasteiger partial charge in [0.1, 0.15) is 5.75 Å². The number of hydrogen-bond acceptors (Lipinski definition) is 4. The number of hydrogen-bond donors (Lipinski definition) is 1. The lowest BCUT2D eigenvalue weighted by molar-refractivity contribution is -0.359. The van der Waals surface area contributed by atoms with Gasteiger partial charge in [-0.05, 0) is 53.7 Å². The van der Waals surface area contributed by atoms with Crippen molar-refractivity contribution < 1.29 is 66.9 Å². The first-order valence-corrected chi connectivity index (χ1v) is 12.5. The minimum absolute atomic E-state index is 0.200. The van der Waals surface area contributed by atoms with Crippen LogP contribution in [-0.2, 0) is 12.5 Å². The van der Waals surface area contributed by atoms with Crippen molar-refractivity contribution >= 4 is 17.4 Å². The quantitative estimate of drug-likeness (QED) is 0.174. The van der Waals surface area contributed by atoms with Crippen LogP contribution in [0.15, 0.2) is 77.7 Å². The molecule has 1 atom stereocenters. The Morgan fingerprint density at radius 2 is 1.37 bits per heavy atom. The van der Waals surface area contributed by atoms with Crippen LogP contribution in [0, 0.1) is 0 Å². The van der Waals surface area contributed by atoms with E-state index in [9.17, 15) is 62.2 Å². The van der Waals surface area contributed by atoms with Gasteiger partial charge in [0.05, 0.1) is 12.2 Å². The smallest absolute Gasteiger partial charge is 0.455 e. The van der Waals surface area contributed by atoms with E-state index < -0.39 is 71.8 Å². The number of para-hydroxylation sites is 2. The van der Waals surface area contributed by atoms with Gasteiger partial charge in [-0.1, -0.05) is 36.4 Å². The molecule has 3 aromatic rings. The molecule has 0 radical (unpaired) electrons. The van der Waals surface area contributed by atoms with Gasteiger partial charge in [-0.25, -0.2) is 0 Å². The summed E-state index contributed by atoms with van der Waals surface area (Å²) in [6.07, 6.45) is -14.9. The molecule has 1 N–H and O–H groups in total. The molecule has 17 heteroatoms. The maximum Gasteiger partial charge on any atom is 0.460 e. The number of anilines is 1. The Morgan fingerprint density at radius 1 is 0.744 bits per heavy atom. The van der Waals surface area contributed by atoms with Crippen LogP contribution in [0.1, 0.15) is 11.1 Å². The first-order chi connectivity index (χ1) is 19.6. The number of benzene rings is 3. The number of aliphatic hydroxyl groups excluding tert-OH is 1. The second-order valence-corrected chi connectivity index (χ2v) is 10.0. The first-order valence-electron chi connectivity index (χ1n) is 11.7. The van der Waals surface area contributed by atoms with E-state index in [1.165, 1.54) is 30.3 Å². The van der Waals surface area contributed by atoms with Crippen molar-refractivity contribution in [2.45, 2.75) is 47.3 Å². The molecule has 0 amide bonds. The van der Waals surface area contributed by atoms with Crippen molar-refractivity contribution in [3.05, 3.63) is 83.9 Å². The van der Waals surface area contributed by atoms with Crippen molar-refractivity contribution in [2.75, 3.05) is 11.4 Å². The van der Waals surface area contributed by atoms with E-state index in [2.05, 4.69) is 0 Å². The third kappa shape index (κ3) is 8.40. The van der Waals surface area contributed by atoms with Gasteiger partial charge in [-0.3, -0.25) is 0 Å². The lowest BCUT2D eigenvalue weighted by Crippen LogP contribution is -2.50. The molecule has 0 fully saturated rings. The predicted molar refractivity (Wildman–Crippen MR) is 129 cm³/mol. The van der Waals surface area contributed by atoms with Crippen LogP contribution in [0.4, 0.5) is 62.8 Å². The van der Waals surface area contributed by atoms with E-state index in [4.69, 9.17) is 4.74 Å². The lowest BCUT2D eigenvalue weighted by atomic mass is 9.99. The maximum absolute atomic E-state index is 14.3. The molecule has 0 heterocycles. The summed E-state index contributed by atoms with van der Waals surface area (Å²) in [4.78, 5) is 0.418. The largest absolute Gasteiger partial charge is 0.460 e. The van der Waals surface area contributed by atoms with Crippen LogP contribution in [0.3, 0.4) is 0 Å². The standard InChI is InChI=1S/C26H18F13NO2S/c27-22(28,24(32,33)25(34,35)36)16-6-3-5-15(11-16)13-40(14-21(41)23(29,30)31)19-9-1-2-10-20(19)42-17-7-4-8-18(12-17)43-26(37,38)39/h1-12,21,41H,13-14H2/t21-/m1/s1. The highest BCUT2D eigenvalue weighted by molar-refractivity contribution is 8.00. The van der Waals surface area contributed by atoms with Crippen LogP contribution < -0.4 is 9.64 Å². The fraction of sp³-hybridized carbons (Fsp3) is 0.308. The predicted octanol–water partition coefficient (Wildman–Crippen LogP) is 9.31. The van der Waals surface area contributed by atoms with Gasteiger partial charge in [0, 0.05) is 17.0 Å². The number of halogens is 13. The zero-order chi connectivity index (χ0) is 32.4. The van der Waals surface area contributed by atoms with Gasteiger partial charge < -0.3 is 14.7 Å². The Hall–Kier alpha value is -3.34. The molecular formula is C26H18F13NO2S. The number of ether oxygens (including phenoxy) is 1. The molecule has 3 rings (SSSR count). The second-order valence-electron chi connectivity index (χ2n) is 8.88. The van der Waals surface area contributed by atoms with Gasteiger partial charge in [0.25, 0.3) is 0 Å². The number of nitrogens with zero attached hydrogens (tertiary/aromatic N) is 1. The Labute approximate surface area is 238 Å². The Morgan fingerprint density at radius 3 is 1.98 bits per heavy atom. The van der Waals surface area contributed by atoms with E-state index in [0.717, 1.165) is 29.2 Å². The summed E-state index contributed by atoms with van der Waals surface area (Å²) < 4.78 is 178. The van der Waals surface area contributed by atoms with E-state index in [-0.39, 0.29) is 34.2 Å². The van der Waals surface area contributed by atoms with Crippen LogP contribution >= 0.6 is 11.8 Å². The summed E-state index contributed by atoms with van der Waals surface area (Å²) >= 11 is -0.478. The van der Waals surface area contributed by atoms with E-state index in [0.29, 0.717) is 6.07 Å². The normalized spacial score (nSPS) is 14.0. The Balaban J connectivity index is 2.02. The zero-order valence-electron chi connectivity index (χ0n) is 21.0. The van der Waals surface area contributed by atoms with Crippen molar-refractivity contribution in [1.82, 2.24) is 0 Å². The molecule has 0 saturated carbocycles.